The summed E-state index contributed by atoms with van der Waals surface area (Å²) in [5, 5.41) is 4.66. The monoisotopic (exact) mass is 299 g/mol. The van der Waals surface area contributed by atoms with Gasteiger partial charge in [0.1, 0.15) is 29.6 Å². The normalized spacial score (nSPS) is 20.2. The summed E-state index contributed by atoms with van der Waals surface area (Å²) in [5.74, 6) is 5.53. The van der Waals surface area contributed by atoms with Gasteiger partial charge in [0.05, 0.1) is 0 Å². The summed E-state index contributed by atoms with van der Waals surface area (Å²) in [7, 11) is 0. The summed E-state index contributed by atoms with van der Waals surface area (Å²) in [5.41, 5.74) is 0. The van der Waals surface area contributed by atoms with E-state index in [0.29, 0.717) is 0 Å². The van der Waals surface area contributed by atoms with E-state index in [4.69, 9.17) is 5.84 Å². The Bertz CT molecular complexity index is 171. The number of carbonyl (C=O) groups is 1. The molecule has 76 valence electrons. The van der Waals surface area contributed by atoms with Crippen LogP contribution in [0.1, 0.15) is 12.8 Å². The highest BCUT2D eigenvalue weighted by molar-refractivity contribution is 14.1. The van der Waals surface area contributed by atoms with Crippen LogP contribution in [-0.4, -0.2) is 36.7 Å². The quantitative estimate of drug-likeness (QED) is 0.560. The number of hydrogen-bond donors (Lipinski definition) is 2. The van der Waals surface area contributed by atoms with Gasteiger partial charge in [-0.15, -0.1) is 0 Å². The molecule has 1 rings (SSSR count). The maximum absolute atomic E-state index is 11.1. The lowest BCUT2D eigenvalue weighted by molar-refractivity contribution is -0.123. The van der Waals surface area contributed by atoms with Gasteiger partial charge in [0.25, 0.3) is 0 Å². The minimum atomic E-state index is -0.0510. The van der Waals surface area contributed by atoms with Crippen LogP contribution in [0.5, 0.6) is 0 Å². The fourth-order valence-corrected chi connectivity index (χ4v) is 1.65. The molecule has 0 aromatic carbocycles. The second kappa shape index (κ2) is 5.74. The molecule has 1 heterocycles. The molecule has 13 heavy (non-hydrogen) atoms. The lowest BCUT2D eigenvalue weighted by Gasteiger charge is -2.28. The highest BCUT2D eigenvalue weighted by atomic mass is 127. The van der Waals surface area contributed by atoms with Crippen molar-refractivity contribution < 1.29 is 7.86 Å². The van der Waals surface area contributed by atoms with Gasteiger partial charge < -0.3 is 8.38 Å². The fraction of sp³-hybridized carbons (Fsp3) is 0.857. The number of halogens is 1. The van der Waals surface area contributed by atoms with Crippen LogP contribution in [0.15, 0.2) is 0 Å². The third-order valence-electron chi connectivity index (χ3n) is 2.08. The zero-order chi connectivity index (χ0) is 9.68. The van der Waals surface area contributed by atoms with Gasteiger partial charge in [-0.1, -0.05) is 0 Å². The molecule has 0 unspecified atom stereocenters. The van der Waals surface area contributed by atoms with Gasteiger partial charge in [-0.05, 0) is 12.8 Å². The van der Waals surface area contributed by atoms with Crippen LogP contribution < -0.4 is 11.2 Å². The Kier molecular flexibility index (Phi) is 4.92. The summed E-state index contributed by atoms with van der Waals surface area (Å²) in [6.45, 7) is 1.81. The predicted molar refractivity (Wildman–Crippen MR) is 56.9 cm³/mol. The first kappa shape index (κ1) is 11.2. The average Bonchev–Trinajstić information content (AvgIpc) is 2.09. The van der Waals surface area contributed by atoms with Crippen molar-refractivity contribution in [1.82, 2.24) is 10.3 Å². The lowest BCUT2D eigenvalue weighted by Crippen LogP contribution is -2.47. The number of piperidine rings is 1. The zero-order valence-electron chi connectivity index (χ0n) is 7.33. The van der Waals surface area contributed by atoms with E-state index in [-0.39, 0.29) is 18.6 Å². The predicted octanol–water partition coefficient (Wildman–Crippen LogP) is -0.193. The highest BCUT2D eigenvalue weighted by Crippen LogP contribution is 2.06. The van der Waals surface area contributed by atoms with Gasteiger partial charge >= 0.3 is 0 Å². The van der Waals surface area contributed by atoms with E-state index in [0.717, 1.165) is 25.9 Å². The molecule has 0 aliphatic carbocycles. The second-order valence-electron chi connectivity index (χ2n) is 3.13. The Morgan fingerprint density at radius 2 is 2.23 bits per heavy atom. The standard InChI is InChI=1S/C7H14IN3O2/c8-13-5-7(12)10-6-1-3-11(9)4-2-6/h6H,1-5,9H2,(H,10,12). The van der Waals surface area contributed by atoms with E-state index in [9.17, 15) is 4.79 Å². The van der Waals surface area contributed by atoms with Gasteiger partial charge in [0.15, 0.2) is 0 Å². The molecule has 0 aromatic heterocycles. The first-order valence-corrected chi connectivity index (χ1v) is 5.13. The van der Waals surface area contributed by atoms with Crippen LogP contribution in [0.3, 0.4) is 0 Å². The Morgan fingerprint density at radius 1 is 1.62 bits per heavy atom. The summed E-state index contributed by atoms with van der Waals surface area (Å²) in [6.07, 6.45) is 1.84. The molecule has 1 amide bonds. The summed E-state index contributed by atoms with van der Waals surface area (Å²) >= 11 is 1.71. The second-order valence-corrected chi connectivity index (χ2v) is 3.75. The number of hydrogen-bond acceptors (Lipinski definition) is 4. The molecule has 0 atom stereocenters. The third-order valence-corrected chi connectivity index (χ3v) is 2.39. The summed E-state index contributed by atoms with van der Waals surface area (Å²) < 4.78 is 4.69. The molecule has 0 aromatic rings. The molecule has 1 aliphatic heterocycles. The Morgan fingerprint density at radius 3 is 2.77 bits per heavy atom. The molecular formula is C7H14IN3O2. The molecule has 6 heteroatoms. The Balaban J connectivity index is 2.18. The van der Waals surface area contributed by atoms with Crippen LogP contribution in [0.4, 0.5) is 0 Å². The zero-order valence-corrected chi connectivity index (χ0v) is 9.49. The van der Waals surface area contributed by atoms with Crippen molar-refractivity contribution >= 4 is 28.9 Å². The van der Waals surface area contributed by atoms with Crippen molar-refractivity contribution in [3.63, 3.8) is 0 Å². The smallest absolute Gasteiger partial charge is 0.247 e. The Labute approximate surface area is 91.6 Å². The molecule has 5 nitrogen and oxygen atoms in total. The van der Waals surface area contributed by atoms with E-state index in [2.05, 4.69) is 8.38 Å². The van der Waals surface area contributed by atoms with E-state index in [1.807, 2.05) is 0 Å². The van der Waals surface area contributed by atoms with E-state index >= 15 is 0 Å². The SMILES string of the molecule is NN1CCC(NC(=O)COI)CC1. The van der Waals surface area contributed by atoms with Crippen molar-refractivity contribution in [2.45, 2.75) is 18.9 Å². The number of carbonyl (C=O) groups excluding carboxylic acids is 1. The number of amides is 1. The number of hydrazine groups is 1. The number of rotatable bonds is 3. The van der Waals surface area contributed by atoms with E-state index in [1.54, 1.807) is 28.0 Å². The van der Waals surface area contributed by atoms with Crippen LogP contribution in [0.2, 0.25) is 0 Å². The van der Waals surface area contributed by atoms with Crippen LogP contribution >= 0.6 is 23.0 Å². The van der Waals surface area contributed by atoms with Gasteiger partial charge in [0.2, 0.25) is 5.91 Å². The van der Waals surface area contributed by atoms with Gasteiger partial charge in [0, 0.05) is 19.1 Å². The molecule has 0 radical (unpaired) electrons. The van der Waals surface area contributed by atoms with Crippen LogP contribution in [0, 0.1) is 0 Å². The molecule has 1 aliphatic rings. The molecule has 1 saturated heterocycles. The van der Waals surface area contributed by atoms with Gasteiger partial charge in [-0.2, -0.15) is 0 Å². The fourth-order valence-electron chi connectivity index (χ4n) is 1.36. The van der Waals surface area contributed by atoms with Crippen LogP contribution in [-0.2, 0) is 7.86 Å². The Hall–Kier alpha value is 0.0800. The molecule has 0 bridgehead atoms. The molecule has 0 spiro atoms. The molecule has 0 saturated carbocycles. The van der Waals surface area contributed by atoms with Crippen molar-refractivity contribution in [1.29, 1.82) is 0 Å². The number of nitrogens with two attached hydrogens (primary N) is 1. The van der Waals surface area contributed by atoms with Crippen LogP contribution in [0.25, 0.3) is 0 Å². The first-order chi connectivity index (χ1) is 6.22. The number of nitrogens with zero attached hydrogens (tertiary/aromatic N) is 1. The number of nitrogens with one attached hydrogen (secondary N) is 1. The first-order valence-electron chi connectivity index (χ1n) is 4.25. The summed E-state index contributed by atoms with van der Waals surface area (Å²) in [4.78, 5) is 11.1. The molecule has 1 fully saturated rings. The average molecular weight is 299 g/mol. The van der Waals surface area contributed by atoms with E-state index in [1.165, 1.54) is 0 Å². The van der Waals surface area contributed by atoms with Crippen molar-refractivity contribution in [3.05, 3.63) is 0 Å². The lowest BCUT2D eigenvalue weighted by atomic mass is 10.1. The minimum Gasteiger partial charge on any atom is -0.351 e. The largest absolute Gasteiger partial charge is 0.351 e. The third kappa shape index (κ3) is 4.21. The maximum Gasteiger partial charge on any atom is 0.247 e. The topological polar surface area (TPSA) is 67.6 Å². The van der Waals surface area contributed by atoms with E-state index < -0.39 is 0 Å². The van der Waals surface area contributed by atoms with Gasteiger partial charge in [-0.3, -0.25) is 10.6 Å². The van der Waals surface area contributed by atoms with Crippen molar-refractivity contribution in [2.24, 2.45) is 5.84 Å². The minimum absolute atomic E-state index is 0.0510. The highest BCUT2D eigenvalue weighted by Gasteiger charge is 2.18. The maximum atomic E-state index is 11.1. The van der Waals surface area contributed by atoms with Crippen molar-refractivity contribution in [3.8, 4) is 0 Å². The molecule has 3 N–H and O–H groups in total. The molecular weight excluding hydrogens is 285 g/mol. The van der Waals surface area contributed by atoms with Gasteiger partial charge in [-0.25, -0.2) is 5.01 Å². The summed E-state index contributed by atoms with van der Waals surface area (Å²) in [6, 6.07) is 0.263. The van der Waals surface area contributed by atoms with Crippen molar-refractivity contribution in [2.75, 3.05) is 19.7 Å².